The van der Waals surface area contributed by atoms with Crippen LogP contribution in [0, 0.1) is 12.8 Å². The summed E-state index contributed by atoms with van der Waals surface area (Å²) < 4.78 is 0. The molecule has 1 N–H and O–H groups in total. The van der Waals surface area contributed by atoms with Gasteiger partial charge in [0.15, 0.2) is 5.78 Å². The molecule has 0 aromatic heterocycles. The Morgan fingerprint density at radius 2 is 1.56 bits per heavy atom. The molecule has 136 valence electrons. The number of ketones is 1. The van der Waals surface area contributed by atoms with Gasteiger partial charge in [-0.1, -0.05) is 72.3 Å². The lowest BCUT2D eigenvalue weighted by Crippen LogP contribution is -2.38. The molecule has 0 unspecified atom stereocenters. The zero-order valence-corrected chi connectivity index (χ0v) is 15.9. The molecule has 3 atom stereocenters. The number of halogens is 1. The van der Waals surface area contributed by atoms with Gasteiger partial charge in [0, 0.05) is 16.9 Å². The van der Waals surface area contributed by atoms with Crippen LogP contribution in [0.1, 0.15) is 45.3 Å². The summed E-state index contributed by atoms with van der Waals surface area (Å²) in [5, 5.41) is 10.8. The molecule has 4 rings (SSSR count). The first-order valence-corrected chi connectivity index (χ1v) is 9.57. The second-order valence-electron chi connectivity index (χ2n) is 7.28. The van der Waals surface area contributed by atoms with E-state index in [1.54, 1.807) is 12.1 Å². The highest BCUT2D eigenvalue weighted by atomic mass is 35.5. The molecular weight excluding hydrogens is 356 g/mol. The van der Waals surface area contributed by atoms with Crippen molar-refractivity contribution in [3.8, 4) is 5.75 Å². The molecule has 0 saturated heterocycles. The summed E-state index contributed by atoms with van der Waals surface area (Å²) in [6, 6.07) is 23.7. The molecule has 2 nitrogen and oxygen atoms in total. The molecular formula is C24H21ClO2. The first kappa shape index (κ1) is 17.8. The highest BCUT2D eigenvalue weighted by Gasteiger charge is 2.47. The lowest BCUT2D eigenvalue weighted by molar-refractivity contribution is 0.0778. The van der Waals surface area contributed by atoms with Crippen molar-refractivity contribution in [2.45, 2.75) is 25.2 Å². The fourth-order valence-corrected chi connectivity index (χ4v) is 4.33. The average Bonchev–Trinajstić information content (AvgIpc) is 2.65. The first-order chi connectivity index (χ1) is 13.1. The molecule has 3 heteroatoms. The molecule has 0 amide bonds. The van der Waals surface area contributed by atoms with Gasteiger partial charge in [0.05, 0.1) is 5.56 Å². The Morgan fingerprint density at radius 3 is 2.19 bits per heavy atom. The number of phenols is 1. The van der Waals surface area contributed by atoms with Crippen LogP contribution in [0.3, 0.4) is 0 Å². The summed E-state index contributed by atoms with van der Waals surface area (Å²) in [4.78, 5) is 13.3. The molecule has 1 aliphatic rings. The zero-order valence-electron chi connectivity index (χ0n) is 15.1. The standard InChI is InChI=1S/C24H21ClO2/c1-15-12-22(26)19(14-21(15)25)24(27)20-13-18(16-8-4-2-5-9-16)23(20)17-10-6-3-7-11-17/h2-12,14,18,20,23,26H,13H2,1H3/t18-,20-,23-/m1/s1. The smallest absolute Gasteiger partial charge is 0.170 e. The van der Waals surface area contributed by atoms with Crippen molar-refractivity contribution < 1.29 is 9.90 Å². The van der Waals surface area contributed by atoms with Crippen LogP contribution in [0.25, 0.3) is 0 Å². The topological polar surface area (TPSA) is 37.3 Å². The number of rotatable bonds is 4. The highest BCUT2D eigenvalue weighted by Crippen LogP contribution is 2.55. The number of hydrogen-bond donors (Lipinski definition) is 1. The van der Waals surface area contributed by atoms with Crippen LogP contribution in [0.15, 0.2) is 72.8 Å². The maximum atomic E-state index is 13.3. The summed E-state index contributed by atoms with van der Waals surface area (Å²) in [6.07, 6.45) is 0.771. The summed E-state index contributed by atoms with van der Waals surface area (Å²) in [7, 11) is 0. The molecule has 27 heavy (non-hydrogen) atoms. The van der Waals surface area contributed by atoms with Crippen LogP contribution in [0.5, 0.6) is 5.75 Å². The number of Topliss-reactive ketones (excluding diaryl/α,β-unsaturated/α-hetero) is 1. The molecule has 3 aromatic carbocycles. The number of aryl methyl sites for hydroxylation is 1. The minimum absolute atomic E-state index is 0.0110. The number of carbonyl (C=O) groups excluding carboxylic acids is 1. The third kappa shape index (κ3) is 3.26. The Hall–Kier alpha value is -2.58. The molecule has 0 radical (unpaired) electrons. The summed E-state index contributed by atoms with van der Waals surface area (Å²) in [6.45, 7) is 1.82. The molecule has 0 aliphatic heterocycles. The van der Waals surface area contributed by atoms with E-state index in [4.69, 9.17) is 11.6 Å². The van der Waals surface area contributed by atoms with Crippen molar-refractivity contribution in [1.82, 2.24) is 0 Å². The van der Waals surface area contributed by atoms with Gasteiger partial charge in [0.2, 0.25) is 0 Å². The largest absolute Gasteiger partial charge is 0.507 e. The Balaban J connectivity index is 1.70. The quantitative estimate of drug-likeness (QED) is 0.556. The zero-order chi connectivity index (χ0) is 19.0. The molecule has 1 fully saturated rings. The number of phenolic OH excluding ortho intramolecular Hbond substituents is 1. The van der Waals surface area contributed by atoms with E-state index in [1.807, 2.05) is 43.3 Å². The second kappa shape index (κ2) is 7.21. The van der Waals surface area contributed by atoms with Crippen LogP contribution < -0.4 is 0 Å². The van der Waals surface area contributed by atoms with E-state index in [1.165, 1.54) is 5.56 Å². The maximum absolute atomic E-state index is 13.3. The van der Waals surface area contributed by atoms with Gasteiger partial charge in [-0.05, 0) is 48.1 Å². The Bertz CT molecular complexity index is 966. The van der Waals surface area contributed by atoms with Gasteiger partial charge in [0.1, 0.15) is 5.75 Å². The SMILES string of the molecule is Cc1cc(O)c(C(=O)[C@@H]2C[C@H](c3ccccc3)[C@H]2c2ccccc2)cc1Cl. The van der Waals surface area contributed by atoms with Gasteiger partial charge < -0.3 is 5.11 Å². The van der Waals surface area contributed by atoms with Gasteiger partial charge in [-0.15, -0.1) is 0 Å². The van der Waals surface area contributed by atoms with E-state index in [2.05, 4.69) is 24.3 Å². The summed E-state index contributed by atoms with van der Waals surface area (Å²) in [5.74, 6) is 0.209. The van der Waals surface area contributed by atoms with Gasteiger partial charge in [-0.3, -0.25) is 4.79 Å². The Kier molecular flexibility index (Phi) is 4.75. The van der Waals surface area contributed by atoms with Crippen LogP contribution in [-0.2, 0) is 0 Å². The van der Waals surface area contributed by atoms with Gasteiger partial charge in [0.25, 0.3) is 0 Å². The van der Waals surface area contributed by atoms with Gasteiger partial charge >= 0.3 is 0 Å². The van der Waals surface area contributed by atoms with Crippen LogP contribution in [0.4, 0.5) is 0 Å². The van der Waals surface area contributed by atoms with E-state index in [0.717, 1.165) is 17.5 Å². The van der Waals surface area contributed by atoms with E-state index in [0.29, 0.717) is 16.5 Å². The minimum atomic E-state index is -0.165. The van der Waals surface area contributed by atoms with E-state index in [9.17, 15) is 9.90 Å². The Labute approximate surface area is 164 Å². The van der Waals surface area contributed by atoms with E-state index < -0.39 is 0 Å². The summed E-state index contributed by atoms with van der Waals surface area (Å²) in [5.41, 5.74) is 3.50. The van der Waals surface area contributed by atoms with Crippen molar-refractivity contribution in [3.05, 3.63) is 100 Å². The minimum Gasteiger partial charge on any atom is -0.507 e. The molecule has 0 spiro atoms. The third-order valence-corrected chi connectivity index (χ3v) is 6.07. The lowest BCUT2D eigenvalue weighted by atomic mass is 9.57. The number of hydrogen-bond acceptors (Lipinski definition) is 2. The Morgan fingerprint density at radius 1 is 0.963 bits per heavy atom. The van der Waals surface area contributed by atoms with Crippen molar-refractivity contribution in [2.75, 3.05) is 0 Å². The van der Waals surface area contributed by atoms with Crippen molar-refractivity contribution in [2.24, 2.45) is 5.92 Å². The third-order valence-electron chi connectivity index (χ3n) is 5.67. The van der Waals surface area contributed by atoms with E-state index >= 15 is 0 Å². The molecule has 3 aromatic rings. The summed E-state index contributed by atoms with van der Waals surface area (Å²) >= 11 is 6.21. The van der Waals surface area contributed by atoms with Crippen LogP contribution in [0.2, 0.25) is 5.02 Å². The number of carbonyl (C=O) groups is 1. The lowest BCUT2D eigenvalue weighted by Gasteiger charge is -2.45. The first-order valence-electron chi connectivity index (χ1n) is 9.19. The highest BCUT2D eigenvalue weighted by molar-refractivity contribution is 6.31. The number of benzene rings is 3. The molecule has 1 aliphatic carbocycles. The molecule has 0 heterocycles. The van der Waals surface area contributed by atoms with Crippen molar-refractivity contribution in [1.29, 1.82) is 0 Å². The van der Waals surface area contributed by atoms with Crippen molar-refractivity contribution >= 4 is 17.4 Å². The average molecular weight is 377 g/mol. The fourth-order valence-electron chi connectivity index (χ4n) is 4.17. The normalized spacial score (nSPS) is 21.5. The van der Waals surface area contributed by atoms with E-state index in [-0.39, 0.29) is 23.4 Å². The number of aromatic hydroxyl groups is 1. The second-order valence-corrected chi connectivity index (χ2v) is 7.69. The van der Waals surface area contributed by atoms with Crippen molar-refractivity contribution in [3.63, 3.8) is 0 Å². The molecule has 1 saturated carbocycles. The predicted octanol–water partition coefficient (Wildman–Crippen LogP) is 6.12. The van der Waals surface area contributed by atoms with Gasteiger partial charge in [-0.25, -0.2) is 0 Å². The van der Waals surface area contributed by atoms with Crippen LogP contribution >= 0.6 is 11.6 Å². The van der Waals surface area contributed by atoms with Crippen LogP contribution in [-0.4, -0.2) is 10.9 Å². The monoisotopic (exact) mass is 376 g/mol. The predicted molar refractivity (Wildman–Crippen MR) is 109 cm³/mol. The molecule has 0 bridgehead atoms. The maximum Gasteiger partial charge on any atom is 0.170 e. The van der Waals surface area contributed by atoms with Gasteiger partial charge in [-0.2, -0.15) is 0 Å². The fraction of sp³-hybridized carbons (Fsp3) is 0.208.